The van der Waals surface area contributed by atoms with Gasteiger partial charge in [-0.25, -0.2) is 4.68 Å². The number of hydrogen-bond donors (Lipinski definition) is 1. The molecule has 2 aromatic rings. The summed E-state index contributed by atoms with van der Waals surface area (Å²) in [6, 6.07) is 1.81. The van der Waals surface area contributed by atoms with Gasteiger partial charge in [-0.1, -0.05) is 27.7 Å². The highest BCUT2D eigenvalue weighted by Crippen LogP contribution is 2.18. The van der Waals surface area contributed by atoms with Gasteiger partial charge in [0.1, 0.15) is 0 Å². The van der Waals surface area contributed by atoms with Gasteiger partial charge >= 0.3 is 0 Å². The molecule has 1 N–H and O–H groups in total. The van der Waals surface area contributed by atoms with Crippen LogP contribution in [0.15, 0.2) is 10.9 Å². The molecule has 7 heteroatoms. The average molecular weight is 307 g/mol. The fourth-order valence-electron chi connectivity index (χ4n) is 2.13. The zero-order valence-electron chi connectivity index (χ0n) is 13.0. The molecule has 0 spiro atoms. The van der Waals surface area contributed by atoms with Crippen LogP contribution < -0.4 is 5.56 Å². The Morgan fingerprint density at radius 2 is 2.00 bits per heavy atom. The highest BCUT2D eigenvalue weighted by atomic mass is 32.1. The third-order valence-electron chi connectivity index (χ3n) is 3.22. The number of nitrogens with one attached hydrogen (secondary N) is 1. The second-order valence-electron chi connectivity index (χ2n) is 5.92. The number of rotatable bonds is 4. The van der Waals surface area contributed by atoms with Crippen molar-refractivity contribution in [2.75, 3.05) is 0 Å². The van der Waals surface area contributed by atoms with Gasteiger partial charge in [0.25, 0.3) is 5.56 Å². The fraction of sp³-hybridized carbons (Fsp3) is 0.571. The lowest BCUT2D eigenvalue weighted by Crippen LogP contribution is -2.24. The molecule has 2 aromatic heterocycles. The summed E-state index contributed by atoms with van der Waals surface area (Å²) >= 11 is 5.27. The van der Waals surface area contributed by atoms with Crippen LogP contribution in [0.5, 0.6) is 0 Å². The molecule has 0 fully saturated rings. The second kappa shape index (κ2) is 5.93. The van der Waals surface area contributed by atoms with Crippen molar-refractivity contribution in [1.82, 2.24) is 24.5 Å². The van der Waals surface area contributed by atoms with Crippen molar-refractivity contribution >= 4 is 12.2 Å². The van der Waals surface area contributed by atoms with E-state index in [-0.39, 0.29) is 11.5 Å². The highest BCUT2D eigenvalue weighted by molar-refractivity contribution is 7.71. The summed E-state index contributed by atoms with van der Waals surface area (Å²) in [6.45, 7) is 9.00. The largest absolute Gasteiger partial charge is 0.300 e. The van der Waals surface area contributed by atoms with E-state index in [9.17, 15) is 4.79 Å². The fourth-order valence-corrected chi connectivity index (χ4v) is 2.34. The Hall–Kier alpha value is -1.76. The first-order valence-electron chi connectivity index (χ1n) is 7.05. The SMILES string of the molecule is CC(C)Cn1c(-c2cc(C(C)C)nn(C)c2=O)n[nH]c1=S. The van der Waals surface area contributed by atoms with Crippen LogP contribution in [0.4, 0.5) is 0 Å². The van der Waals surface area contributed by atoms with E-state index in [4.69, 9.17) is 12.2 Å². The summed E-state index contributed by atoms with van der Waals surface area (Å²) in [7, 11) is 1.66. The van der Waals surface area contributed by atoms with Crippen LogP contribution in [0.2, 0.25) is 0 Å². The number of hydrogen-bond acceptors (Lipinski definition) is 4. The minimum atomic E-state index is -0.168. The van der Waals surface area contributed by atoms with E-state index >= 15 is 0 Å². The number of aryl methyl sites for hydroxylation is 1. The molecule has 0 saturated heterocycles. The molecule has 0 unspecified atom stereocenters. The van der Waals surface area contributed by atoms with Gasteiger partial charge in [-0.2, -0.15) is 10.2 Å². The Kier molecular flexibility index (Phi) is 4.41. The molecule has 2 rings (SSSR count). The first-order chi connectivity index (χ1) is 9.81. The topological polar surface area (TPSA) is 68.5 Å². The van der Waals surface area contributed by atoms with E-state index in [0.717, 1.165) is 5.69 Å². The van der Waals surface area contributed by atoms with Crippen molar-refractivity contribution in [2.45, 2.75) is 40.2 Å². The zero-order valence-corrected chi connectivity index (χ0v) is 13.9. The summed E-state index contributed by atoms with van der Waals surface area (Å²) in [6.07, 6.45) is 0. The predicted octanol–water partition coefficient (Wildman–Crippen LogP) is 2.48. The summed E-state index contributed by atoms with van der Waals surface area (Å²) in [5, 5.41) is 11.3. The first-order valence-corrected chi connectivity index (χ1v) is 7.46. The van der Waals surface area contributed by atoms with E-state index in [1.807, 2.05) is 24.5 Å². The lowest BCUT2D eigenvalue weighted by Gasteiger charge is -2.12. The summed E-state index contributed by atoms with van der Waals surface area (Å²) in [5.74, 6) is 1.22. The van der Waals surface area contributed by atoms with Crippen LogP contribution in [0, 0.1) is 10.7 Å². The summed E-state index contributed by atoms with van der Waals surface area (Å²) in [5.41, 5.74) is 1.22. The quantitative estimate of drug-likeness (QED) is 0.881. The Morgan fingerprint density at radius 3 is 2.57 bits per heavy atom. The molecule has 0 amide bonds. The molecule has 2 heterocycles. The molecule has 0 atom stereocenters. The third-order valence-corrected chi connectivity index (χ3v) is 3.53. The normalized spacial score (nSPS) is 11.6. The number of aromatic amines is 1. The molecule has 0 aromatic carbocycles. The van der Waals surface area contributed by atoms with Crippen molar-refractivity contribution in [3.05, 3.63) is 26.9 Å². The zero-order chi connectivity index (χ0) is 15.7. The standard InChI is InChI=1S/C14H21N5OS/c1-8(2)7-19-12(15-16-14(19)21)10-6-11(9(3)4)17-18(5)13(10)20/h6,8-9H,7H2,1-5H3,(H,16,21). The van der Waals surface area contributed by atoms with Gasteiger partial charge in [0.2, 0.25) is 0 Å². The van der Waals surface area contributed by atoms with E-state index in [2.05, 4.69) is 29.1 Å². The molecule has 0 saturated carbocycles. The lowest BCUT2D eigenvalue weighted by atomic mass is 10.1. The van der Waals surface area contributed by atoms with Gasteiger partial charge in [0.05, 0.1) is 11.3 Å². The lowest BCUT2D eigenvalue weighted by molar-refractivity contribution is 0.521. The van der Waals surface area contributed by atoms with Crippen molar-refractivity contribution in [3.8, 4) is 11.4 Å². The molecular formula is C14H21N5OS. The number of nitrogens with zero attached hydrogens (tertiary/aromatic N) is 4. The Labute approximate surface area is 128 Å². The maximum atomic E-state index is 12.4. The van der Waals surface area contributed by atoms with Crippen LogP contribution in [-0.2, 0) is 13.6 Å². The van der Waals surface area contributed by atoms with Crippen LogP contribution in [0.25, 0.3) is 11.4 Å². The van der Waals surface area contributed by atoms with Gasteiger partial charge in [-0.05, 0) is 30.1 Å². The smallest absolute Gasteiger partial charge is 0.277 e. The monoisotopic (exact) mass is 307 g/mol. The predicted molar refractivity (Wildman–Crippen MR) is 84.8 cm³/mol. The van der Waals surface area contributed by atoms with Crippen molar-refractivity contribution in [3.63, 3.8) is 0 Å². The van der Waals surface area contributed by atoms with E-state index < -0.39 is 0 Å². The number of H-pyrrole nitrogens is 1. The maximum absolute atomic E-state index is 12.4. The van der Waals surface area contributed by atoms with Crippen molar-refractivity contribution in [2.24, 2.45) is 13.0 Å². The van der Waals surface area contributed by atoms with Crippen LogP contribution in [-0.4, -0.2) is 24.5 Å². The number of aromatic nitrogens is 5. The molecule has 0 radical (unpaired) electrons. The van der Waals surface area contributed by atoms with Crippen LogP contribution >= 0.6 is 12.2 Å². The first kappa shape index (κ1) is 15.6. The Morgan fingerprint density at radius 1 is 1.33 bits per heavy atom. The van der Waals surface area contributed by atoms with Crippen molar-refractivity contribution < 1.29 is 0 Å². The molecule has 0 aliphatic heterocycles. The molecular weight excluding hydrogens is 286 g/mol. The summed E-state index contributed by atoms with van der Waals surface area (Å²) in [4.78, 5) is 12.4. The van der Waals surface area contributed by atoms with Crippen LogP contribution in [0.3, 0.4) is 0 Å². The van der Waals surface area contributed by atoms with E-state index in [1.54, 1.807) is 7.05 Å². The maximum Gasteiger partial charge on any atom is 0.277 e. The molecule has 0 aliphatic carbocycles. The van der Waals surface area contributed by atoms with Crippen molar-refractivity contribution in [1.29, 1.82) is 0 Å². The summed E-state index contributed by atoms with van der Waals surface area (Å²) < 4.78 is 3.77. The molecule has 6 nitrogen and oxygen atoms in total. The Bertz CT molecular complexity index is 753. The Balaban J connectivity index is 2.67. The highest BCUT2D eigenvalue weighted by Gasteiger charge is 2.17. The minimum absolute atomic E-state index is 0.168. The van der Waals surface area contributed by atoms with Gasteiger partial charge < -0.3 is 0 Å². The molecule has 0 aliphatic rings. The van der Waals surface area contributed by atoms with Gasteiger partial charge in [-0.15, -0.1) is 0 Å². The average Bonchev–Trinajstić information content (AvgIpc) is 2.73. The minimum Gasteiger partial charge on any atom is -0.300 e. The second-order valence-corrected chi connectivity index (χ2v) is 6.31. The molecule has 114 valence electrons. The van der Waals surface area contributed by atoms with E-state index in [1.165, 1.54) is 4.68 Å². The molecule has 21 heavy (non-hydrogen) atoms. The molecule has 0 bridgehead atoms. The van der Waals surface area contributed by atoms with Gasteiger partial charge in [0.15, 0.2) is 10.6 Å². The third kappa shape index (κ3) is 3.12. The van der Waals surface area contributed by atoms with Gasteiger partial charge in [-0.3, -0.25) is 14.5 Å². The van der Waals surface area contributed by atoms with Crippen LogP contribution in [0.1, 0.15) is 39.3 Å². The van der Waals surface area contributed by atoms with E-state index in [0.29, 0.717) is 28.6 Å². The van der Waals surface area contributed by atoms with Gasteiger partial charge in [0, 0.05) is 13.6 Å².